The van der Waals surface area contributed by atoms with Gasteiger partial charge in [-0.2, -0.15) is 0 Å². The number of phenols is 1. The number of aromatic hydroxyl groups is 1. The predicted octanol–water partition coefficient (Wildman–Crippen LogP) is 3.66. The molecule has 4 aromatic rings. The van der Waals surface area contributed by atoms with Gasteiger partial charge < -0.3 is 43.8 Å². The van der Waals surface area contributed by atoms with Gasteiger partial charge in [0.05, 0.1) is 6.26 Å². The quantitative estimate of drug-likeness (QED) is 0.130. The van der Waals surface area contributed by atoms with Gasteiger partial charge in [-0.05, 0) is 61.4 Å². The molecular formula is C31H30O11. The van der Waals surface area contributed by atoms with Crippen LogP contribution in [0.2, 0.25) is 0 Å². The summed E-state index contributed by atoms with van der Waals surface area (Å²) in [5, 5.41) is 42.8. The molecule has 0 aliphatic carbocycles. The van der Waals surface area contributed by atoms with Crippen molar-refractivity contribution in [2.24, 2.45) is 0 Å². The molecule has 0 bridgehead atoms. The van der Waals surface area contributed by atoms with Gasteiger partial charge in [0.1, 0.15) is 59.4 Å². The van der Waals surface area contributed by atoms with Crippen molar-refractivity contribution in [1.82, 2.24) is 0 Å². The highest BCUT2D eigenvalue weighted by Gasteiger charge is 2.46. The topological polar surface area (TPSA) is 165 Å². The molecule has 1 aromatic heterocycles. The van der Waals surface area contributed by atoms with E-state index in [0.29, 0.717) is 6.42 Å². The molecular weight excluding hydrogens is 548 g/mol. The molecule has 220 valence electrons. The number of ether oxygens (including phenoxy) is 4. The molecule has 1 aliphatic heterocycles. The van der Waals surface area contributed by atoms with Crippen LogP contribution in [0.1, 0.15) is 27.9 Å². The molecule has 0 amide bonds. The SMILES string of the molecule is Cc1ccc(OC(=O)OC[C@H]2O[C@@H](Oc3cccc(O)c3C(=O)CCc3ccc4occc4c3)[C@H](O)[C@@H](O)[C@@H]2O)cc1. The van der Waals surface area contributed by atoms with Crippen molar-refractivity contribution in [1.29, 1.82) is 0 Å². The summed E-state index contributed by atoms with van der Waals surface area (Å²) < 4.78 is 26.9. The first kappa shape index (κ1) is 29.1. The second-order valence-corrected chi connectivity index (χ2v) is 9.97. The van der Waals surface area contributed by atoms with E-state index in [-0.39, 0.29) is 29.2 Å². The summed E-state index contributed by atoms with van der Waals surface area (Å²) in [6.45, 7) is 1.34. The van der Waals surface area contributed by atoms with Crippen molar-refractivity contribution in [3.05, 3.63) is 89.7 Å². The number of aliphatic hydroxyl groups excluding tert-OH is 3. The minimum Gasteiger partial charge on any atom is -0.507 e. The van der Waals surface area contributed by atoms with Crippen molar-refractivity contribution < 1.29 is 53.4 Å². The van der Waals surface area contributed by atoms with E-state index in [1.165, 1.54) is 18.2 Å². The highest BCUT2D eigenvalue weighted by atomic mass is 16.7. The van der Waals surface area contributed by atoms with Crippen molar-refractivity contribution in [3.8, 4) is 17.2 Å². The van der Waals surface area contributed by atoms with Gasteiger partial charge in [0, 0.05) is 11.8 Å². The lowest BCUT2D eigenvalue weighted by atomic mass is 9.98. The molecule has 0 unspecified atom stereocenters. The minimum atomic E-state index is -1.74. The standard InChI is InChI=1S/C31H30O11/c1-17-5-9-20(10-6-17)40-31(37)39-16-25-27(34)28(35)29(36)30(42-25)41-24-4-2-3-21(32)26(24)22(33)11-7-18-8-12-23-19(15-18)13-14-38-23/h2-6,8-10,12-15,25,27-30,32,34-36H,7,11,16H2,1H3/t25-,27-,28+,29-,30-/m1/s1. The van der Waals surface area contributed by atoms with E-state index in [0.717, 1.165) is 22.1 Å². The van der Waals surface area contributed by atoms with Gasteiger partial charge in [-0.3, -0.25) is 4.79 Å². The molecule has 1 fully saturated rings. The van der Waals surface area contributed by atoms with E-state index in [4.69, 9.17) is 23.4 Å². The average molecular weight is 579 g/mol. The Labute approximate surface area is 240 Å². The third-order valence-electron chi connectivity index (χ3n) is 6.94. The normalized spacial score (nSPS) is 22.0. The van der Waals surface area contributed by atoms with E-state index in [2.05, 4.69) is 0 Å². The first-order valence-corrected chi connectivity index (χ1v) is 13.3. The highest BCUT2D eigenvalue weighted by molar-refractivity contribution is 6.01. The van der Waals surface area contributed by atoms with Gasteiger partial charge in [0.2, 0.25) is 6.29 Å². The maximum Gasteiger partial charge on any atom is 0.513 e. The molecule has 1 saturated heterocycles. The largest absolute Gasteiger partial charge is 0.513 e. The summed E-state index contributed by atoms with van der Waals surface area (Å²) in [5.74, 6) is -0.626. The molecule has 1 aliphatic rings. The Morgan fingerprint density at radius 2 is 1.71 bits per heavy atom. The number of aliphatic hydroxyl groups is 3. The molecule has 11 nitrogen and oxygen atoms in total. The van der Waals surface area contributed by atoms with Crippen molar-refractivity contribution in [2.75, 3.05) is 6.61 Å². The third kappa shape index (κ3) is 6.55. The van der Waals surface area contributed by atoms with Gasteiger partial charge in [0.25, 0.3) is 0 Å². The Morgan fingerprint density at radius 1 is 0.929 bits per heavy atom. The lowest BCUT2D eigenvalue weighted by Gasteiger charge is -2.40. The summed E-state index contributed by atoms with van der Waals surface area (Å²) in [5.41, 5.74) is 2.46. The van der Waals surface area contributed by atoms with Crippen LogP contribution < -0.4 is 9.47 Å². The number of Topliss-reactive ketones (excluding diaryl/α,β-unsaturated/α-hetero) is 1. The minimum absolute atomic E-state index is 0.0340. The van der Waals surface area contributed by atoms with Gasteiger partial charge in [0.15, 0.2) is 5.78 Å². The Hall–Kier alpha value is -4.42. The molecule has 3 aromatic carbocycles. The molecule has 11 heteroatoms. The summed E-state index contributed by atoms with van der Waals surface area (Å²) in [6.07, 6.45) is -7.08. The molecule has 5 rings (SSSR count). The number of hydrogen-bond donors (Lipinski definition) is 4. The van der Waals surface area contributed by atoms with Gasteiger partial charge >= 0.3 is 6.16 Å². The van der Waals surface area contributed by atoms with Gasteiger partial charge in [-0.15, -0.1) is 0 Å². The van der Waals surface area contributed by atoms with Crippen molar-refractivity contribution in [2.45, 2.75) is 50.5 Å². The van der Waals surface area contributed by atoms with Crippen LogP contribution in [0.4, 0.5) is 4.79 Å². The molecule has 4 N–H and O–H groups in total. The number of furan rings is 1. The second-order valence-electron chi connectivity index (χ2n) is 9.97. The second kappa shape index (κ2) is 12.6. The lowest BCUT2D eigenvalue weighted by molar-refractivity contribution is -0.277. The summed E-state index contributed by atoms with van der Waals surface area (Å²) in [7, 11) is 0. The molecule has 2 heterocycles. The van der Waals surface area contributed by atoms with Crippen LogP contribution >= 0.6 is 0 Å². The van der Waals surface area contributed by atoms with Crippen LogP contribution in [0.5, 0.6) is 17.2 Å². The van der Waals surface area contributed by atoms with E-state index in [1.54, 1.807) is 30.5 Å². The summed E-state index contributed by atoms with van der Waals surface area (Å²) >= 11 is 0. The van der Waals surface area contributed by atoms with Gasteiger partial charge in [-0.1, -0.05) is 29.8 Å². The molecule has 42 heavy (non-hydrogen) atoms. The fourth-order valence-electron chi connectivity index (χ4n) is 4.61. The monoisotopic (exact) mass is 578 g/mol. The lowest BCUT2D eigenvalue weighted by Crippen LogP contribution is -2.60. The van der Waals surface area contributed by atoms with E-state index in [9.17, 15) is 30.0 Å². The number of rotatable bonds is 9. The molecule has 0 radical (unpaired) electrons. The fraction of sp³-hybridized carbons (Fsp3) is 0.290. The number of aryl methyl sites for hydroxylation is 2. The van der Waals surface area contributed by atoms with E-state index in [1.807, 2.05) is 31.2 Å². The van der Waals surface area contributed by atoms with Crippen LogP contribution in [0.15, 0.2) is 77.4 Å². The van der Waals surface area contributed by atoms with Crippen LogP contribution in [0, 0.1) is 6.92 Å². The van der Waals surface area contributed by atoms with Crippen LogP contribution in [-0.2, 0) is 15.9 Å². The smallest absolute Gasteiger partial charge is 0.507 e. The average Bonchev–Trinajstić information content (AvgIpc) is 3.45. The Balaban J connectivity index is 1.24. The molecule has 0 saturated carbocycles. The maximum absolute atomic E-state index is 13.2. The molecule has 0 spiro atoms. The highest BCUT2D eigenvalue weighted by Crippen LogP contribution is 2.33. The maximum atomic E-state index is 13.2. The van der Waals surface area contributed by atoms with Crippen LogP contribution in [0.25, 0.3) is 11.0 Å². The predicted molar refractivity (Wildman–Crippen MR) is 147 cm³/mol. The number of carbonyl (C=O) groups is 2. The zero-order valence-electron chi connectivity index (χ0n) is 22.6. The van der Waals surface area contributed by atoms with Crippen LogP contribution in [-0.4, -0.2) is 69.7 Å². The van der Waals surface area contributed by atoms with E-state index < -0.39 is 49.3 Å². The van der Waals surface area contributed by atoms with Crippen molar-refractivity contribution >= 4 is 22.9 Å². The zero-order chi connectivity index (χ0) is 29.8. The summed E-state index contributed by atoms with van der Waals surface area (Å²) in [4.78, 5) is 25.3. The number of phenolic OH excluding ortho intramolecular Hbond substituents is 1. The Kier molecular flexibility index (Phi) is 8.74. The first-order valence-electron chi connectivity index (χ1n) is 13.3. The van der Waals surface area contributed by atoms with Crippen molar-refractivity contribution in [3.63, 3.8) is 0 Å². The zero-order valence-corrected chi connectivity index (χ0v) is 22.6. The number of ketones is 1. The first-order chi connectivity index (χ1) is 20.2. The summed E-state index contributed by atoms with van der Waals surface area (Å²) in [6, 6.07) is 18.2. The third-order valence-corrected chi connectivity index (χ3v) is 6.94. The Bertz CT molecular complexity index is 1540. The number of hydrogen-bond acceptors (Lipinski definition) is 11. The van der Waals surface area contributed by atoms with Crippen LogP contribution in [0.3, 0.4) is 0 Å². The number of fused-ring (bicyclic) bond motifs is 1. The number of benzene rings is 3. The fourth-order valence-corrected chi connectivity index (χ4v) is 4.61. The number of carbonyl (C=O) groups excluding carboxylic acids is 2. The Morgan fingerprint density at radius 3 is 2.50 bits per heavy atom. The van der Waals surface area contributed by atoms with E-state index >= 15 is 0 Å². The van der Waals surface area contributed by atoms with Gasteiger partial charge in [-0.25, -0.2) is 4.79 Å². The molecule has 5 atom stereocenters.